The zero-order valence-corrected chi connectivity index (χ0v) is 19.4. The van der Waals surface area contributed by atoms with Crippen LogP contribution in [-0.2, 0) is 0 Å². The summed E-state index contributed by atoms with van der Waals surface area (Å²) < 4.78 is 21.5. The van der Waals surface area contributed by atoms with Gasteiger partial charge in [0.2, 0.25) is 5.75 Å². The van der Waals surface area contributed by atoms with E-state index in [0.29, 0.717) is 28.6 Å². The van der Waals surface area contributed by atoms with Gasteiger partial charge in [-0.3, -0.25) is 4.79 Å². The summed E-state index contributed by atoms with van der Waals surface area (Å²) in [6, 6.07) is 14.7. The molecule has 3 aromatic carbocycles. The molecular formula is C27H26O7. The Morgan fingerprint density at radius 2 is 1.41 bits per heavy atom. The van der Waals surface area contributed by atoms with Gasteiger partial charge in [0.25, 0.3) is 0 Å². The lowest BCUT2D eigenvalue weighted by atomic mass is 10.00. The van der Waals surface area contributed by atoms with E-state index in [0.717, 1.165) is 11.1 Å². The predicted molar refractivity (Wildman–Crippen MR) is 130 cm³/mol. The van der Waals surface area contributed by atoms with E-state index in [2.05, 4.69) is 0 Å². The van der Waals surface area contributed by atoms with E-state index in [1.165, 1.54) is 45.6 Å². The van der Waals surface area contributed by atoms with Crippen LogP contribution >= 0.6 is 0 Å². The van der Waals surface area contributed by atoms with Crippen LogP contribution in [0.3, 0.4) is 0 Å². The number of rotatable bonds is 9. The largest absolute Gasteiger partial charge is 0.508 e. The van der Waals surface area contributed by atoms with Crippen molar-refractivity contribution in [2.24, 2.45) is 0 Å². The molecule has 3 rings (SSSR count). The highest BCUT2D eigenvalue weighted by Crippen LogP contribution is 2.39. The maximum atomic E-state index is 12.7. The van der Waals surface area contributed by atoms with Crippen molar-refractivity contribution in [3.8, 4) is 34.5 Å². The van der Waals surface area contributed by atoms with Crippen molar-refractivity contribution in [1.29, 1.82) is 0 Å². The molecule has 7 heteroatoms. The molecule has 0 saturated carbocycles. The lowest BCUT2D eigenvalue weighted by Crippen LogP contribution is -1.96. The van der Waals surface area contributed by atoms with Crippen LogP contribution in [-0.4, -0.2) is 44.4 Å². The number of hydrogen-bond donors (Lipinski definition) is 2. The molecule has 0 fully saturated rings. The maximum absolute atomic E-state index is 12.7. The summed E-state index contributed by atoms with van der Waals surface area (Å²) in [5, 5.41) is 19.7. The highest BCUT2D eigenvalue weighted by molar-refractivity contribution is 6.08. The molecule has 0 amide bonds. The second-order valence-electron chi connectivity index (χ2n) is 7.19. The third-order valence-electron chi connectivity index (χ3n) is 5.09. The van der Waals surface area contributed by atoms with E-state index in [9.17, 15) is 15.0 Å². The van der Waals surface area contributed by atoms with Crippen LogP contribution in [0.4, 0.5) is 0 Å². The number of ketones is 1. The molecule has 0 unspecified atom stereocenters. The number of phenols is 2. The van der Waals surface area contributed by atoms with Gasteiger partial charge >= 0.3 is 0 Å². The third-order valence-corrected chi connectivity index (χ3v) is 5.09. The molecular weight excluding hydrogens is 436 g/mol. The summed E-state index contributed by atoms with van der Waals surface area (Å²) in [5.74, 6) is 1.36. The molecule has 3 aromatic rings. The Labute approximate surface area is 198 Å². The van der Waals surface area contributed by atoms with E-state index in [1.54, 1.807) is 25.3 Å². The smallest absolute Gasteiger partial charge is 0.203 e. The van der Waals surface area contributed by atoms with Crippen LogP contribution in [0.5, 0.6) is 34.5 Å². The fourth-order valence-electron chi connectivity index (χ4n) is 3.35. The molecule has 0 aromatic heterocycles. The number of phenolic OH excluding ortho intramolecular Hbond substituents is 2. The Balaban J connectivity index is 2.09. The van der Waals surface area contributed by atoms with Crippen LogP contribution in [0, 0.1) is 0 Å². The Hall–Kier alpha value is -4.39. The minimum Gasteiger partial charge on any atom is -0.508 e. The van der Waals surface area contributed by atoms with Crippen molar-refractivity contribution < 1.29 is 34.0 Å². The zero-order valence-electron chi connectivity index (χ0n) is 19.4. The van der Waals surface area contributed by atoms with Gasteiger partial charge in [-0.05, 0) is 71.3 Å². The second-order valence-corrected chi connectivity index (χ2v) is 7.19. The molecule has 176 valence electrons. The summed E-state index contributed by atoms with van der Waals surface area (Å²) in [6.45, 7) is 0. The normalized spacial score (nSPS) is 11.4. The zero-order chi connectivity index (χ0) is 24.7. The van der Waals surface area contributed by atoms with Gasteiger partial charge in [-0.1, -0.05) is 18.2 Å². The molecule has 0 radical (unpaired) electrons. The third kappa shape index (κ3) is 5.50. The minimum atomic E-state index is -0.460. The van der Waals surface area contributed by atoms with Crippen molar-refractivity contribution in [1.82, 2.24) is 0 Å². The number of hydrogen-bond acceptors (Lipinski definition) is 7. The fourth-order valence-corrected chi connectivity index (χ4v) is 3.35. The molecule has 2 N–H and O–H groups in total. The number of methoxy groups -OCH3 is 4. The second kappa shape index (κ2) is 11.0. The number of allylic oxidation sites excluding steroid dienone is 3. The quantitative estimate of drug-likeness (QED) is 0.150. The maximum Gasteiger partial charge on any atom is 0.203 e. The summed E-state index contributed by atoms with van der Waals surface area (Å²) in [6.07, 6.45) is 4.83. The van der Waals surface area contributed by atoms with E-state index in [4.69, 9.17) is 18.9 Å². The summed E-state index contributed by atoms with van der Waals surface area (Å²) in [7, 11) is 6.19. The fraction of sp³-hybridized carbons (Fsp3) is 0.148. The topological polar surface area (TPSA) is 94.5 Å². The Morgan fingerprint density at radius 1 is 0.765 bits per heavy atom. The van der Waals surface area contributed by atoms with Crippen molar-refractivity contribution >= 4 is 17.4 Å². The lowest BCUT2D eigenvalue weighted by molar-refractivity contribution is 0.104. The van der Waals surface area contributed by atoms with Crippen molar-refractivity contribution in [2.75, 3.05) is 28.4 Å². The van der Waals surface area contributed by atoms with Crippen LogP contribution in [0.15, 0.2) is 66.7 Å². The molecule has 34 heavy (non-hydrogen) atoms. The first-order chi connectivity index (χ1) is 16.4. The molecule has 0 aliphatic carbocycles. The molecule has 7 nitrogen and oxygen atoms in total. The van der Waals surface area contributed by atoms with Crippen molar-refractivity contribution in [3.05, 3.63) is 83.4 Å². The Bertz CT molecular complexity index is 1200. The number of carbonyl (C=O) groups excluding carboxylic acids is 1. The number of ether oxygens (including phenoxy) is 4. The van der Waals surface area contributed by atoms with Gasteiger partial charge in [0.1, 0.15) is 17.2 Å². The van der Waals surface area contributed by atoms with Crippen molar-refractivity contribution in [2.45, 2.75) is 0 Å². The first-order valence-electron chi connectivity index (χ1n) is 10.3. The van der Waals surface area contributed by atoms with E-state index in [-0.39, 0.29) is 17.1 Å². The minimum absolute atomic E-state index is 0.00174. The highest BCUT2D eigenvalue weighted by Gasteiger charge is 2.14. The first-order valence-corrected chi connectivity index (χ1v) is 10.3. The average Bonchev–Trinajstić information content (AvgIpc) is 2.87. The molecule has 0 aliphatic rings. The van der Waals surface area contributed by atoms with Gasteiger partial charge in [-0.2, -0.15) is 0 Å². The predicted octanol–water partition coefficient (Wildman–Crippen LogP) is 5.11. The van der Waals surface area contributed by atoms with Gasteiger partial charge in [0.05, 0.1) is 34.0 Å². The van der Waals surface area contributed by atoms with Crippen LogP contribution in [0.25, 0.3) is 11.6 Å². The monoisotopic (exact) mass is 462 g/mol. The number of benzene rings is 3. The van der Waals surface area contributed by atoms with E-state index in [1.807, 2.05) is 30.3 Å². The molecule has 0 bridgehead atoms. The number of aromatic hydroxyl groups is 2. The molecule has 0 spiro atoms. The standard InChI is InChI=1S/C27H26O7/c1-31-21-9-5-18(6-10-21)19(7-11-23(29)22-16-20(28)8-12-24(22)30)13-17-14-25(32-2)27(34-4)26(15-17)33-3/h5-16,28,30H,1-4H3/b11-7+,19-13+. The SMILES string of the molecule is COc1ccc(C(/C=C/C(=O)c2cc(O)ccc2O)=C/c2cc(OC)c(OC)c(OC)c2)cc1. The van der Waals surface area contributed by atoms with E-state index >= 15 is 0 Å². The Morgan fingerprint density at radius 3 is 1.97 bits per heavy atom. The van der Waals surface area contributed by atoms with Crippen LogP contribution in [0.1, 0.15) is 21.5 Å². The summed E-state index contributed by atoms with van der Waals surface area (Å²) in [5.41, 5.74) is 2.26. The van der Waals surface area contributed by atoms with Crippen LogP contribution < -0.4 is 18.9 Å². The van der Waals surface area contributed by atoms with E-state index < -0.39 is 5.78 Å². The number of carbonyl (C=O) groups is 1. The van der Waals surface area contributed by atoms with Crippen LogP contribution in [0.2, 0.25) is 0 Å². The van der Waals surface area contributed by atoms with Gasteiger partial charge in [-0.15, -0.1) is 0 Å². The van der Waals surface area contributed by atoms with Crippen molar-refractivity contribution in [3.63, 3.8) is 0 Å². The first kappa shape index (κ1) is 24.3. The Kier molecular flexibility index (Phi) is 7.82. The van der Waals surface area contributed by atoms with Gasteiger partial charge in [0, 0.05) is 0 Å². The molecule has 0 heterocycles. The summed E-state index contributed by atoms with van der Waals surface area (Å²) in [4.78, 5) is 12.7. The summed E-state index contributed by atoms with van der Waals surface area (Å²) >= 11 is 0. The van der Waals surface area contributed by atoms with Gasteiger partial charge in [-0.25, -0.2) is 0 Å². The van der Waals surface area contributed by atoms with Gasteiger partial charge in [0.15, 0.2) is 17.3 Å². The average molecular weight is 462 g/mol. The molecule has 0 atom stereocenters. The molecule has 0 aliphatic heterocycles. The highest BCUT2D eigenvalue weighted by atomic mass is 16.5. The lowest BCUT2D eigenvalue weighted by Gasteiger charge is -2.13. The van der Waals surface area contributed by atoms with Gasteiger partial charge < -0.3 is 29.2 Å². The molecule has 0 saturated heterocycles.